The van der Waals surface area contributed by atoms with Gasteiger partial charge in [0.2, 0.25) is 5.91 Å². The Hall–Kier alpha value is -4.54. The van der Waals surface area contributed by atoms with Crippen LogP contribution in [0.15, 0.2) is 116 Å². The first-order valence-corrected chi connectivity index (χ1v) is 24.8. The van der Waals surface area contributed by atoms with Gasteiger partial charge in [-0.1, -0.05) is 56.7 Å². The quantitative estimate of drug-likeness (QED) is 0.0709. The predicted octanol–water partition coefficient (Wildman–Crippen LogP) is 5.60. The van der Waals surface area contributed by atoms with Gasteiger partial charge < -0.3 is 10.6 Å². The summed E-state index contributed by atoms with van der Waals surface area (Å²) in [5.74, 6) is -1.31. The number of allylic oxidation sites excluding steroid dienone is 12. The summed E-state index contributed by atoms with van der Waals surface area (Å²) in [4.78, 5) is 10.7. The molecule has 4 aliphatic rings. The molecular weight excluding hydrogens is 871 g/mol. The van der Waals surface area contributed by atoms with Crippen molar-refractivity contribution in [1.29, 1.82) is 0 Å². The summed E-state index contributed by atoms with van der Waals surface area (Å²) in [6, 6.07) is 5.05. The van der Waals surface area contributed by atoms with Crippen LogP contribution in [0.2, 0.25) is 0 Å². The molecule has 1 amide bonds. The van der Waals surface area contributed by atoms with E-state index in [1.807, 2.05) is 63.3 Å². The van der Waals surface area contributed by atoms with Crippen molar-refractivity contribution in [1.82, 2.24) is 0 Å². The number of carbonyl (C=O) groups is 1. The van der Waals surface area contributed by atoms with Crippen LogP contribution in [0.25, 0.3) is 10.8 Å². The Morgan fingerprint density at radius 3 is 2.08 bits per heavy atom. The summed E-state index contributed by atoms with van der Waals surface area (Å²) in [6.07, 6.45) is 16.4. The minimum absolute atomic E-state index is 0.0537. The van der Waals surface area contributed by atoms with Crippen LogP contribution in [0, 0.1) is 16.7 Å². The fourth-order valence-corrected chi connectivity index (χ4v) is 12.1. The zero-order chi connectivity index (χ0) is 45.5. The largest absolute Gasteiger partial charge is 0.370 e. The molecule has 0 saturated carbocycles. The number of unbranched alkanes of at least 4 members (excludes halogenated alkanes) is 2. The fraction of sp³-hybridized carbons (Fsp3) is 0.366. The van der Waals surface area contributed by atoms with Gasteiger partial charge in [0, 0.05) is 53.2 Å². The molecule has 2 aromatic carbocycles. The zero-order valence-electron chi connectivity index (χ0n) is 34.2. The van der Waals surface area contributed by atoms with Gasteiger partial charge in [-0.2, -0.15) is 33.7 Å². The monoisotopic (exact) mass is 918 g/mol. The minimum Gasteiger partial charge on any atom is -0.370 e. The van der Waals surface area contributed by atoms with Crippen LogP contribution in [-0.4, -0.2) is 81.7 Å². The first kappa shape index (κ1) is 46.0. The average Bonchev–Trinajstić information content (AvgIpc) is 3.43. The number of primary amides is 1. The molecule has 16 nitrogen and oxygen atoms in total. The molecule has 0 bridgehead atoms. The Morgan fingerprint density at radius 1 is 0.820 bits per heavy atom. The maximum Gasteiger partial charge on any atom is 0.295 e. The van der Waals surface area contributed by atoms with Gasteiger partial charge in [0.1, 0.15) is 11.9 Å². The predicted molar refractivity (Wildman–Crippen MR) is 230 cm³/mol. The van der Waals surface area contributed by atoms with E-state index in [0.29, 0.717) is 43.1 Å². The number of nitrogens with two attached hydrogens (primary N) is 1. The van der Waals surface area contributed by atoms with Crippen molar-refractivity contribution in [2.75, 3.05) is 18.5 Å². The molecule has 0 aromatic heterocycles. The Balaban J connectivity index is 1.40. The van der Waals surface area contributed by atoms with Gasteiger partial charge in [0.25, 0.3) is 40.5 Å². The molecule has 2 heterocycles. The maximum atomic E-state index is 12.5. The summed E-state index contributed by atoms with van der Waals surface area (Å²) in [5.41, 5.74) is 6.28. The van der Waals surface area contributed by atoms with E-state index in [4.69, 9.17) is 5.73 Å². The Labute approximate surface area is 355 Å². The van der Waals surface area contributed by atoms with Crippen molar-refractivity contribution in [2.24, 2.45) is 22.5 Å². The van der Waals surface area contributed by atoms with Crippen LogP contribution < -0.4 is 10.6 Å². The number of anilines is 1. The lowest BCUT2D eigenvalue weighted by Gasteiger charge is -2.44. The lowest BCUT2D eigenvalue weighted by molar-refractivity contribution is -0.447. The van der Waals surface area contributed by atoms with E-state index in [0.717, 1.165) is 23.2 Å². The van der Waals surface area contributed by atoms with Crippen molar-refractivity contribution in [3.8, 4) is 0 Å². The highest BCUT2D eigenvalue weighted by molar-refractivity contribution is 7.91. The first-order valence-electron chi connectivity index (χ1n) is 19.0. The molecule has 0 fully saturated rings. The average molecular weight is 919 g/mol. The third-order valence-corrected chi connectivity index (χ3v) is 16.0. The van der Waals surface area contributed by atoms with Gasteiger partial charge >= 0.3 is 0 Å². The SMILES string of the molecule is C[N+]1=C(/C=C/C=C/C=C2/N(CCCCCC(N)=O)c3ccc4c(S(=O)(=O)O)cc(S(=O)(=O)O)cc4c3C2(C)C)C(C)(C)C2(C)C1=CC=C1C(S(=O)(=O)O)=CC(S(=O)(=O)O)=CC12. The summed E-state index contributed by atoms with van der Waals surface area (Å²) in [7, 11) is -17.8. The molecule has 2 unspecified atom stereocenters. The number of carbonyl (C=O) groups excluding carboxylic acids is 1. The molecule has 2 atom stereocenters. The second-order valence-electron chi connectivity index (χ2n) is 16.7. The maximum absolute atomic E-state index is 12.5. The standard InChI is InChI=1S/C41H47N3O13S4/c1-39(2)34(44(20-12-8-11-15-37(42)45)31-18-16-27-29(38(31)39)21-25(58(46,47)48)23-32(27)60(52,53)54)13-9-7-10-14-35-40(3,4)41(5)30-22-26(59(49,50)51)24-33(61(55,56)57)28(30)17-19-36(41)43(35)6/h7,9-10,13-14,16-19,21-24,30H,8,11-12,15,20H2,1-6H3,(H5-,42,45,46,47,48,49,50,51,52,53,54,55,56,57)/p+1. The Morgan fingerprint density at radius 2 is 1.49 bits per heavy atom. The van der Waals surface area contributed by atoms with Gasteiger partial charge in [-0.3, -0.25) is 23.0 Å². The van der Waals surface area contributed by atoms with Gasteiger partial charge in [-0.25, -0.2) is 4.58 Å². The second-order valence-corrected chi connectivity index (χ2v) is 22.3. The van der Waals surface area contributed by atoms with Crippen molar-refractivity contribution >= 4 is 68.6 Å². The number of nitrogens with zero attached hydrogens (tertiary/aromatic N) is 2. The molecule has 0 radical (unpaired) electrons. The molecule has 61 heavy (non-hydrogen) atoms. The Kier molecular flexibility index (Phi) is 11.6. The molecule has 6 N–H and O–H groups in total. The van der Waals surface area contributed by atoms with Gasteiger partial charge in [-0.05, 0) is 80.5 Å². The van der Waals surface area contributed by atoms with E-state index in [2.05, 4.69) is 0 Å². The van der Waals surface area contributed by atoms with Gasteiger partial charge in [-0.15, -0.1) is 0 Å². The van der Waals surface area contributed by atoms with Crippen molar-refractivity contribution in [3.05, 3.63) is 111 Å². The fourth-order valence-electron chi connectivity index (χ4n) is 9.37. The summed E-state index contributed by atoms with van der Waals surface area (Å²) >= 11 is 0. The van der Waals surface area contributed by atoms with Crippen molar-refractivity contribution in [3.63, 3.8) is 0 Å². The highest BCUT2D eigenvalue weighted by Crippen LogP contribution is 2.61. The number of hydrogen-bond acceptors (Lipinski definition) is 10. The first-order chi connectivity index (χ1) is 27.9. The van der Waals surface area contributed by atoms with E-state index in [1.165, 1.54) is 24.3 Å². The van der Waals surface area contributed by atoms with Gasteiger partial charge in [0.15, 0.2) is 11.4 Å². The van der Waals surface area contributed by atoms with E-state index in [-0.39, 0.29) is 22.8 Å². The summed E-state index contributed by atoms with van der Waals surface area (Å²) in [6.45, 7) is 9.92. The van der Waals surface area contributed by atoms with Gasteiger partial charge in [0.05, 0.1) is 25.5 Å². The van der Waals surface area contributed by atoms with E-state index in [9.17, 15) is 56.7 Å². The zero-order valence-corrected chi connectivity index (χ0v) is 37.5. The number of rotatable bonds is 13. The lowest BCUT2D eigenvalue weighted by Crippen LogP contribution is -2.45. The van der Waals surface area contributed by atoms with Crippen LogP contribution in [0.3, 0.4) is 0 Å². The molecule has 2 aliphatic carbocycles. The molecule has 0 spiro atoms. The Bertz CT molecular complexity index is 3000. The van der Waals surface area contributed by atoms with Crippen LogP contribution in [-0.2, 0) is 50.7 Å². The number of hydrogen-bond donors (Lipinski definition) is 5. The van der Waals surface area contributed by atoms with E-state index < -0.39 is 88.1 Å². The molecular formula is C41H48N3O13S4+. The number of benzene rings is 2. The molecule has 2 aromatic rings. The highest BCUT2D eigenvalue weighted by Gasteiger charge is 2.64. The molecule has 2 aliphatic heterocycles. The summed E-state index contributed by atoms with van der Waals surface area (Å²) < 4.78 is 141. The molecule has 20 heteroatoms. The van der Waals surface area contributed by atoms with E-state index in [1.54, 1.807) is 30.4 Å². The number of fused-ring (bicyclic) bond motifs is 6. The third-order valence-electron chi connectivity index (χ3n) is 12.5. The normalized spacial score (nSPS) is 23.3. The molecule has 6 rings (SSSR count). The number of amides is 1. The highest BCUT2D eigenvalue weighted by atomic mass is 32.2. The van der Waals surface area contributed by atoms with Crippen molar-refractivity contribution in [2.45, 2.75) is 75.5 Å². The van der Waals surface area contributed by atoms with E-state index >= 15 is 0 Å². The van der Waals surface area contributed by atoms with Crippen LogP contribution in [0.5, 0.6) is 0 Å². The second kappa shape index (κ2) is 15.4. The summed E-state index contributed by atoms with van der Waals surface area (Å²) in [5, 5.41) is 0.245. The van der Waals surface area contributed by atoms with Crippen LogP contribution in [0.1, 0.15) is 65.9 Å². The van der Waals surface area contributed by atoms with Crippen molar-refractivity contribution < 1.29 is 61.3 Å². The molecule has 328 valence electrons. The van der Waals surface area contributed by atoms with Crippen LogP contribution in [0.4, 0.5) is 5.69 Å². The smallest absolute Gasteiger partial charge is 0.295 e. The molecule has 0 saturated heterocycles. The third kappa shape index (κ3) is 8.03. The minimum atomic E-state index is -4.94. The van der Waals surface area contributed by atoms with Crippen LogP contribution >= 0.6 is 0 Å². The lowest BCUT2D eigenvalue weighted by atomic mass is 9.55. The topological polar surface area (TPSA) is 267 Å².